The molecule has 2 aromatic heterocycles. The summed E-state index contributed by atoms with van der Waals surface area (Å²) in [5, 5.41) is 11.5. The molecule has 1 atom stereocenters. The summed E-state index contributed by atoms with van der Waals surface area (Å²) in [6, 6.07) is 4.33. The first-order valence-corrected chi connectivity index (χ1v) is 7.59. The van der Waals surface area contributed by atoms with Crippen LogP contribution in [0.5, 0.6) is 0 Å². The Morgan fingerprint density at radius 3 is 3.19 bits per heavy atom. The fraction of sp³-hybridized carbons (Fsp3) is 0.533. The highest BCUT2D eigenvalue weighted by molar-refractivity contribution is 5.40. The number of hydrogen-bond acceptors (Lipinski definition) is 6. The van der Waals surface area contributed by atoms with Crippen LogP contribution in [-0.4, -0.2) is 27.8 Å². The zero-order valence-corrected chi connectivity index (χ0v) is 12.3. The highest BCUT2D eigenvalue weighted by atomic mass is 16.3. The van der Waals surface area contributed by atoms with Gasteiger partial charge < -0.3 is 14.6 Å². The van der Waals surface area contributed by atoms with Gasteiger partial charge in [-0.2, -0.15) is 10.1 Å². The molecule has 6 heteroatoms. The summed E-state index contributed by atoms with van der Waals surface area (Å²) in [4.78, 5) is 6.88. The number of rotatable bonds is 5. The van der Waals surface area contributed by atoms with Gasteiger partial charge in [0.1, 0.15) is 5.76 Å². The third-order valence-electron chi connectivity index (χ3n) is 3.93. The van der Waals surface area contributed by atoms with Crippen molar-refractivity contribution in [2.75, 3.05) is 16.8 Å². The predicted octanol–water partition coefficient (Wildman–Crippen LogP) is 2.85. The van der Waals surface area contributed by atoms with Crippen molar-refractivity contribution in [2.24, 2.45) is 0 Å². The fourth-order valence-electron chi connectivity index (χ4n) is 2.78. The minimum atomic E-state index is 0.529. The number of nitrogens with one attached hydrogen (secondary N) is 1. The van der Waals surface area contributed by atoms with E-state index in [4.69, 9.17) is 4.42 Å². The normalized spacial score (nSPS) is 18.7. The van der Waals surface area contributed by atoms with Gasteiger partial charge in [-0.15, -0.1) is 5.10 Å². The van der Waals surface area contributed by atoms with Crippen LogP contribution in [0.2, 0.25) is 0 Å². The summed E-state index contributed by atoms with van der Waals surface area (Å²) < 4.78 is 5.30. The van der Waals surface area contributed by atoms with Gasteiger partial charge in [-0.05, 0) is 37.8 Å². The van der Waals surface area contributed by atoms with Crippen LogP contribution in [0.4, 0.5) is 11.8 Å². The Morgan fingerprint density at radius 1 is 1.43 bits per heavy atom. The molecule has 2 aromatic rings. The lowest BCUT2D eigenvalue weighted by Gasteiger charge is -2.34. The molecule has 1 unspecified atom stereocenters. The Hall–Kier alpha value is -2.11. The van der Waals surface area contributed by atoms with Crippen molar-refractivity contribution in [3.05, 3.63) is 30.4 Å². The van der Waals surface area contributed by atoms with Gasteiger partial charge in [-0.25, -0.2) is 0 Å². The summed E-state index contributed by atoms with van der Waals surface area (Å²) >= 11 is 0. The average Bonchev–Trinajstić information content (AvgIpc) is 3.06. The van der Waals surface area contributed by atoms with Crippen LogP contribution in [0.25, 0.3) is 0 Å². The second-order valence-electron chi connectivity index (χ2n) is 5.33. The van der Waals surface area contributed by atoms with E-state index in [2.05, 4.69) is 32.3 Å². The van der Waals surface area contributed by atoms with E-state index < -0.39 is 0 Å². The summed E-state index contributed by atoms with van der Waals surface area (Å²) in [6.07, 6.45) is 8.14. The van der Waals surface area contributed by atoms with Crippen molar-refractivity contribution in [3.8, 4) is 0 Å². The van der Waals surface area contributed by atoms with Crippen molar-refractivity contribution in [2.45, 2.75) is 45.2 Å². The van der Waals surface area contributed by atoms with Crippen molar-refractivity contribution < 1.29 is 4.42 Å². The molecular formula is C15H21N5O. The minimum absolute atomic E-state index is 0.529. The maximum absolute atomic E-state index is 5.30. The Labute approximate surface area is 124 Å². The van der Waals surface area contributed by atoms with Gasteiger partial charge in [0, 0.05) is 12.6 Å². The molecule has 0 spiro atoms. The van der Waals surface area contributed by atoms with Crippen molar-refractivity contribution in [1.82, 2.24) is 15.2 Å². The topological polar surface area (TPSA) is 67.1 Å². The van der Waals surface area contributed by atoms with Crippen molar-refractivity contribution in [1.29, 1.82) is 0 Å². The molecule has 1 fully saturated rings. The molecule has 1 aliphatic heterocycles. The largest absolute Gasteiger partial charge is 0.467 e. The number of hydrogen-bond donors (Lipinski definition) is 1. The van der Waals surface area contributed by atoms with E-state index >= 15 is 0 Å². The first kappa shape index (κ1) is 13.9. The minimum Gasteiger partial charge on any atom is -0.467 e. The van der Waals surface area contributed by atoms with Crippen LogP contribution in [0.15, 0.2) is 29.0 Å². The molecule has 0 saturated carbocycles. The molecule has 1 aliphatic rings. The maximum atomic E-state index is 5.30. The molecule has 0 bridgehead atoms. The molecule has 3 rings (SSSR count). The fourth-order valence-corrected chi connectivity index (χ4v) is 2.78. The van der Waals surface area contributed by atoms with Gasteiger partial charge in [0.05, 0.1) is 19.0 Å². The Bertz CT molecular complexity index is 557. The van der Waals surface area contributed by atoms with Crippen LogP contribution in [0, 0.1) is 0 Å². The van der Waals surface area contributed by atoms with Gasteiger partial charge in [0.15, 0.2) is 5.82 Å². The van der Waals surface area contributed by atoms with Gasteiger partial charge in [-0.3, -0.25) is 0 Å². The number of anilines is 2. The molecule has 6 nitrogen and oxygen atoms in total. The van der Waals surface area contributed by atoms with Gasteiger partial charge in [0.2, 0.25) is 5.95 Å². The Balaban J connectivity index is 1.70. The third kappa shape index (κ3) is 3.32. The number of piperidine rings is 1. The summed E-state index contributed by atoms with van der Waals surface area (Å²) in [5.41, 5.74) is 0. The van der Waals surface area contributed by atoms with Crippen LogP contribution in [-0.2, 0) is 6.54 Å². The summed E-state index contributed by atoms with van der Waals surface area (Å²) in [5.74, 6) is 2.34. The molecule has 0 aliphatic carbocycles. The Morgan fingerprint density at radius 2 is 2.38 bits per heavy atom. The van der Waals surface area contributed by atoms with E-state index in [1.165, 1.54) is 19.3 Å². The molecular weight excluding hydrogens is 266 g/mol. The standard InChI is InChI=1S/C15H21N5O/c1-2-12-6-3-4-8-20(12)15-18-14(11-17-19-15)16-10-13-7-5-9-21-13/h5,7,9,11-12H,2-4,6,8,10H2,1H3,(H,16,18,19). The highest BCUT2D eigenvalue weighted by Gasteiger charge is 2.23. The third-order valence-corrected chi connectivity index (χ3v) is 3.93. The zero-order chi connectivity index (χ0) is 14.5. The smallest absolute Gasteiger partial charge is 0.247 e. The lowest BCUT2D eigenvalue weighted by Crippen LogP contribution is -2.40. The number of furan rings is 1. The summed E-state index contributed by atoms with van der Waals surface area (Å²) in [7, 11) is 0. The zero-order valence-electron chi connectivity index (χ0n) is 12.3. The second-order valence-corrected chi connectivity index (χ2v) is 5.33. The van der Waals surface area contributed by atoms with E-state index in [9.17, 15) is 0 Å². The molecule has 1 N–H and O–H groups in total. The van der Waals surface area contributed by atoms with E-state index in [1.807, 2.05) is 12.1 Å². The molecule has 21 heavy (non-hydrogen) atoms. The predicted molar refractivity (Wildman–Crippen MR) is 81.1 cm³/mol. The lowest BCUT2D eigenvalue weighted by atomic mass is 10.0. The van der Waals surface area contributed by atoms with Gasteiger partial charge in [-0.1, -0.05) is 6.92 Å². The molecule has 112 valence electrons. The molecule has 0 amide bonds. The molecule has 0 aromatic carbocycles. The average molecular weight is 287 g/mol. The van der Waals surface area contributed by atoms with Crippen LogP contribution >= 0.6 is 0 Å². The first-order valence-electron chi connectivity index (χ1n) is 7.59. The molecule has 3 heterocycles. The van der Waals surface area contributed by atoms with Gasteiger partial charge >= 0.3 is 0 Å². The SMILES string of the molecule is CCC1CCCCN1c1nncc(NCc2ccco2)n1. The quantitative estimate of drug-likeness (QED) is 0.912. The van der Waals surface area contributed by atoms with Crippen LogP contribution in [0.1, 0.15) is 38.4 Å². The van der Waals surface area contributed by atoms with E-state index in [0.717, 1.165) is 30.5 Å². The first-order chi connectivity index (χ1) is 10.4. The molecule has 0 radical (unpaired) electrons. The number of aromatic nitrogens is 3. The number of nitrogens with zero attached hydrogens (tertiary/aromatic N) is 4. The molecule has 1 saturated heterocycles. The van der Waals surface area contributed by atoms with Crippen molar-refractivity contribution >= 4 is 11.8 Å². The van der Waals surface area contributed by atoms with E-state index in [1.54, 1.807) is 12.5 Å². The van der Waals surface area contributed by atoms with Crippen molar-refractivity contribution in [3.63, 3.8) is 0 Å². The maximum Gasteiger partial charge on any atom is 0.247 e. The highest BCUT2D eigenvalue weighted by Crippen LogP contribution is 2.23. The van der Waals surface area contributed by atoms with E-state index in [0.29, 0.717) is 12.6 Å². The Kier molecular flexibility index (Phi) is 4.33. The lowest BCUT2D eigenvalue weighted by molar-refractivity contribution is 0.441. The second kappa shape index (κ2) is 6.56. The summed E-state index contributed by atoms with van der Waals surface area (Å²) in [6.45, 7) is 3.83. The van der Waals surface area contributed by atoms with Crippen LogP contribution in [0.3, 0.4) is 0 Å². The van der Waals surface area contributed by atoms with Crippen LogP contribution < -0.4 is 10.2 Å². The van der Waals surface area contributed by atoms with Gasteiger partial charge in [0.25, 0.3) is 0 Å². The van der Waals surface area contributed by atoms with E-state index in [-0.39, 0.29) is 0 Å². The monoisotopic (exact) mass is 287 g/mol.